The van der Waals surface area contributed by atoms with E-state index in [2.05, 4.69) is 4.98 Å². The minimum absolute atomic E-state index is 0.129. The van der Waals surface area contributed by atoms with E-state index >= 15 is 0 Å². The molecule has 1 aliphatic heterocycles. The summed E-state index contributed by atoms with van der Waals surface area (Å²) >= 11 is 0. The smallest absolute Gasteiger partial charge is 0.291 e. The van der Waals surface area contributed by atoms with Crippen LogP contribution in [0.1, 0.15) is 29.0 Å². The molecule has 1 saturated heterocycles. The molecule has 2 aromatic rings. The minimum Gasteiger partial charge on any atom is -0.438 e. The molecule has 1 amide bonds. The quantitative estimate of drug-likeness (QED) is 0.870. The van der Waals surface area contributed by atoms with Crippen LogP contribution in [0.3, 0.4) is 0 Å². The molecule has 1 aromatic carbocycles. The molecule has 3 rings (SSSR count). The lowest BCUT2D eigenvalue weighted by Crippen LogP contribution is -2.52. The summed E-state index contributed by atoms with van der Waals surface area (Å²) in [6.07, 6.45) is 4.60. The molecular weight excluding hydrogens is 299 g/mol. The van der Waals surface area contributed by atoms with E-state index in [4.69, 9.17) is 9.15 Å². The number of rotatable bonds is 4. The average molecular weight is 318 g/mol. The van der Waals surface area contributed by atoms with Gasteiger partial charge in [0.2, 0.25) is 5.76 Å². The highest BCUT2D eigenvalue weighted by Gasteiger charge is 2.36. The Morgan fingerprint density at radius 3 is 3.00 bits per heavy atom. The van der Waals surface area contributed by atoms with Crippen LogP contribution in [0.15, 0.2) is 41.3 Å². The van der Waals surface area contributed by atoms with E-state index in [1.807, 2.05) is 0 Å². The number of amides is 1. The molecule has 1 fully saturated rings. The number of hydrogen-bond donors (Lipinski definition) is 0. The molecule has 6 heteroatoms. The highest BCUT2D eigenvalue weighted by molar-refractivity contribution is 5.91. The summed E-state index contributed by atoms with van der Waals surface area (Å²) in [6, 6.07) is 6.40. The van der Waals surface area contributed by atoms with Gasteiger partial charge in [-0.3, -0.25) is 4.79 Å². The fourth-order valence-electron chi connectivity index (χ4n) is 3.14. The van der Waals surface area contributed by atoms with Crippen molar-refractivity contribution in [3.05, 3.63) is 54.0 Å². The van der Waals surface area contributed by atoms with Gasteiger partial charge in [0.15, 0.2) is 6.39 Å². The van der Waals surface area contributed by atoms with Gasteiger partial charge in [-0.25, -0.2) is 9.37 Å². The highest BCUT2D eigenvalue weighted by atomic mass is 19.1. The summed E-state index contributed by atoms with van der Waals surface area (Å²) in [4.78, 5) is 18.2. The van der Waals surface area contributed by atoms with E-state index in [0.29, 0.717) is 18.5 Å². The molecule has 2 atom stereocenters. The summed E-state index contributed by atoms with van der Waals surface area (Å²) in [5, 5.41) is 0. The third kappa shape index (κ3) is 3.27. The highest BCUT2D eigenvalue weighted by Crippen LogP contribution is 2.26. The van der Waals surface area contributed by atoms with Gasteiger partial charge in [0.05, 0.1) is 18.3 Å². The van der Waals surface area contributed by atoms with Crippen molar-refractivity contribution in [2.45, 2.75) is 31.4 Å². The second-order valence-electron chi connectivity index (χ2n) is 5.64. The number of aromatic nitrogens is 1. The van der Waals surface area contributed by atoms with Gasteiger partial charge in [-0.2, -0.15) is 0 Å². The van der Waals surface area contributed by atoms with E-state index in [-0.39, 0.29) is 29.6 Å². The molecule has 0 radical (unpaired) electrons. The van der Waals surface area contributed by atoms with Gasteiger partial charge in [-0.1, -0.05) is 18.2 Å². The largest absolute Gasteiger partial charge is 0.438 e. The number of hydrogen-bond acceptors (Lipinski definition) is 4. The number of ether oxygens (including phenoxy) is 1. The van der Waals surface area contributed by atoms with Crippen LogP contribution in [0.2, 0.25) is 0 Å². The molecular formula is C17H19FN2O3. The van der Waals surface area contributed by atoms with Gasteiger partial charge in [-0.15, -0.1) is 0 Å². The number of carbonyl (C=O) groups is 1. The van der Waals surface area contributed by atoms with Crippen molar-refractivity contribution in [3.8, 4) is 0 Å². The van der Waals surface area contributed by atoms with Crippen molar-refractivity contribution < 1.29 is 18.3 Å². The lowest BCUT2D eigenvalue weighted by Gasteiger charge is -2.40. The van der Waals surface area contributed by atoms with E-state index < -0.39 is 0 Å². The van der Waals surface area contributed by atoms with Crippen LogP contribution < -0.4 is 0 Å². The zero-order valence-electron chi connectivity index (χ0n) is 12.9. The SMILES string of the molecule is CO[C@H]1CCCN(C(=O)c2cnco2)[C@H]1Cc1ccccc1F. The van der Waals surface area contributed by atoms with E-state index in [1.54, 1.807) is 30.2 Å². The summed E-state index contributed by atoms with van der Waals surface area (Å²) in [6.45, 7) is 0.596. The molecule has 5 nitrogen and oxygen atoms in total. The molecule has 0 bridgehead atoms. The molecule has 1 aromatic heterocycles. The first-order valence-corrected chi connectivity index (χ1v) is 7.66. The Morgan fingerprint density at radius 1 is 1.48 bits per heavy atom. The van der Waals surface area contributed by atoms with E-state index in [9.17, 15) is 9.18 Å². The molecule has 23 heavy (non-hydrogen) atoms. The number of nitrogens with zero attached hydrogens (tertiary/aromatic N) is 2. The van der Waals surface area contributed by atoms with Gasteiger partial charge >= 0.3 is 0 Å². The standard InChI is InChI=1S/C17H19FN2O3/c1-22-15-7-4-8-20(17(21)16-10-19-11-23-16)14(15)9-12-5-2-3-6-13(12)18/h2-3,5-6,10-11,14-15H,4,7-9H2,1H3/t14-,15-/m0/s1. The number of likely N-dealkylation sites (tertiary alicyclic amines) is 1. The van der Waals surface area contributed by atoms with Gasteiger partial charge in [0.1, 0.15) is 5.82 Å². The van der Waals surface area contributed by atoms with Gasteiger partial charge in [0, 0.05) is 13.7 Å². The van der Waals surface area contributed by atoms with Crippen LogP contribution in [-0.4, -0.2) is 41.6 Å². The molecule has 0 saturated carbocycles. The van der Waals surface area contributed by atoms with Crippen LogP contribution >= 0.6 is 0 Å². The lowest BCUT2D eigenvalue weighted by atomic mass is 9.92. The summed E-state index contributed by atoms with van der Waals surface area (Å²) in [5.74, 6) is -0.300. The Kier molecular flexibility index (Phi) is 4.71. The third-order valence-electron chi connectivity index (χ3n) is 4.31. The molecule has 0 aliphatic carbocycles. The van der Waals surface area contributed by atoms with Gasteiger partial charge in [0.25, 0.3) is 5.91 Å². The molecule has 0 unspecified atom stereocenters. The Morgan fingerprint density at radius 2 is 2.30 bits per heavy atom. The zero-order valence-corrected chi connectivity index (χ0v) is 12.9. The zero-order chi connectivity index (χ0) is 16.2. The predicted molar refractivity (Wildman–Crippen MR) is 81.5 cm³/mol. The molecule has 122 valence electrons. The first kappa shape index (κ1) is 15.7. The van der Waals surface area contributed by atoms with E-state index in [1.165, 1.54) is 18.7 Å². The number of benzene rings is 1. The summed E-state index contributed by atoms with van der Waals surface area (Å²) in [5.41, 5.74) is 0.580. The predicted octanol–water partition coefficient (Wildman–Crippen LogP) is 2.68. The summed E-state index contributed by atoms with van der Waals surface area (Å²) < 4.78 is 24.7. The maximum Gasteiger partial charge on any atom is 0.291 e. The maximum atomic E-state index is 14.0. The molecule has 2 heterocycles. The Balaban J connectivity index is 1.87. The fourth-order valence-corrected chi connectivity index (χ4v) is 3.14. The maximum absolute atomic E-state index is 14.0. The lowest BCUT2D eigenvalue weighted by molar-refractivity contribution is -0.0131. The Bertz CT molecular complexity index is 660. The topological polar surface area (TPSA) is 55.6 Å². The number of methoxy groups -OCH3 is 1. The normalized spacial score (nSPS) is 21.4. The summed E-state index contributed by atoms with van der Waals surface area (Å²) in [7, 11) is 1.63. The Labute approximate surface area is 134 Å². The number of halogens is 1. The number of carbonyl (C=O) groups excluding carboxylic acids is 1. The first-order valence-electron chi connectivity index (χ1n) is 7.66. The average Bonchev–Trinajstić information content (AvgIpc) is 3.11. The van der Waals surface area contributed by atoms with Crippen molar-refractivity contribution in [2.24, 2.45) is 0 Å². The minimum atomic E-state index is -0.264. The number of piperidine rings is 1. The van der Waals surface area contributed by atoms with Crippen LogP contribution in [0.25, 0.3) is 0 Å². The van der Waals surface area contributed by atoms with Crippen LogP contribution in [-0.2, 0) is 11.2 Å². The monoisotopic (exact) mass is 318 g/mol. The van der Waals surface area contributed by atoms with Crippen molar-refractivity contribution in [3.63, 3.8) is 0 Å². The molecule has 1 aliphatic rings. The van der Waals surface area contributed by atoms with Gasteiger partial charge < -0.3 is 14.1 Å². The van der Waals surface area contributed by atoms with Crippen molar-refractivity contribution in [1.82, 2.24) is 9.88 Å². The first-order chi connectivity index (χ1) is 11.2. The third-order valence-corrected chi connectivity index (χ3v) is 4.31. The molecule has 0 spiro atoms. The van der Waals surface area contributed by atoms with Crippen LogP contribution in [0.5, 0.6) is 0 Å². The Hall–Kier alpha value is -2.21. The second-order valence-corrected chi connectivity index (χ2v) is 5.64. The van der Waals surface area contributed by atoms with Crippen molar-refractivity contribution in [1.29, 1.82) is 0 Å². The van der Waals surface area contributed by atoms with Crippen molar-refractivity contribution >= 4 is 5.91 Å². The van der Waals surface area contributed by atoms with Gasteiger partial charge in [-0.05, 0) is 30.9 Å². The van der Waals surface area contributed by atoms with Crippen molar-refractivity contribution in [2.75, 3.05) is 13.7 Å². The molecule has 0 N–H and O–H groups in total. The second kappa shape index (κ2) is 6.91. The fraction of sp³-hybridized carbons (Fsp3) is 0.412. The van der Waals surface area contributed by atoms with Crippen LogP contribution in [0, 0.1) is 5.82 Å². The van der Waals surface area contributed by atoms with Crippen LogP contribution in [0.4, 0.5) is 4.39 Å². The van der Waals surface area contributed by atoms with E-state index in [0.717, 1.165) is 12.8 Å². The number of oxazole rings is 1.